The largest absolute Gasteiger partial charge is 0.464 e. The van der Waals surface area contributed by atoms with Crippen molar-refractivity contribution in [1.82, 2.24) is 0 Å². The first-order chi connectivity index (χ1) is 9.98. The normalized spacial score (nSPS) is 29.3. The second kappa shape index (κ2) is 5.13. The Morgan fingerprint density at radius 1 is 1.19 bits per heavy atom. The summed E-state index contributed by atoms with van der Waals surface area (Å²) in [5.41, 5.74) is 1.02. The van der Waals surface area contributed by atoms with E-state index in [0.717, 1.165) is 24.8 Å². The Kier molecular flexibility index (Phi) is 3.56. The molecule has 4 nitrogen and oxygen atoms in total. The minimum atomic E-state index is -3.17. The molecule has 0 amide bonds. The van der Waals surface area contributed by atoms with Crippen LogP contribution < -0.4 is 0 Å². The van der Waals surface area contributed by atoms with Gasteiger partial charge in [-0.3, -0.25) is 4.79 Å². The van der Waals surface area contributed by atoms with Crippen LogP contribution >= 0.6 is 0 Å². The fourth-order valence-electron chi connectivity index (χ4n) is 3.91. The van der Waals surface area contributed by atoms with Gasteiger partial charge in [0.2, 0.25) is 0 Å². The van der Waals surface area contributed by atoms with Crippen LogP contribution in [0.2, 0.25) is 0 Å². The van der Waals surface area contributed by atoms with Crippen molar-refractivity contribution in [3.8, 4) is 0 Å². The van der Waals surface area contributed by atoms with E-state index in [9.17, 15) is 13.2 Å². The summed E-state index contributed by atoms with van der Waals surface area (Å²) in [6, 6.07) is 7.11. The Morgan fingerprint density at radius 3 is 2.33 bits per heavy atom. The summed E-state index contributed by atoms with van der Waals surface area (Å²) in [5.74, 6) is 0.534. The van der Waals surface area contributed by atoms with Crippen molar-refractivity contribution in [3.05, 3.63) is 29.8 Å². The molecule has 2 aliphatic carbocycles. The molecule has 0 aliphatic heterocycles. The van der Waals surface area contributed by atoms with Crippen LogP contribution in [0.15, 0.2) is 29.2 Å². The molecule has 1 aromatic carbocycles. The molecule has 2 atom stereocenters. The van der Waals surface area contributed by atoms with Gasteiger partial charge in [-0.2, -0.15) is 0 Å². The van der Waals surface area contributed by atoms with E-state index in [4.69, 9.17) is 4.74 Å². The average Bonchev–Trinajstić information content (AvgIpc) is 2.92. The third-order valence-corrected chi connectivity index (χ3v) is 6.19. The topological polar surface area (TPSA) is 60.4 Å². The van der Waals surface area contributed by atoms with Crippen LogP contribution in [0.5, 0.6) is 0 Å². The number of sulfone groups is 1. The van der Waals surface area contributed by atoms with Gasteiger partial charge in [0, 0.05) is 11.7 Å². The molecule has 0 bridgehead atoms. The van der Waals surface area contributed by atoms with Gasteiger partial charge in [-0.25, -0.2) is 8.42 Å². The molecule has 5 heteroatoms. The summed E-state index contributed by atoms with van der Waals surface area (Å²) in [6.45, 7) is 0.534. The molecule has 0 heterocycles. The molecule has 2 unspecified atom stereocenters. The van der Waals surface area contributed by atoms with E-state index in [-0.39, 0.29) is 11.5 Å². The highest BCUT2D eigenvalue weighted by atomic mass is 32.2. The average molecular weight is 308 g/mol. The fraction of sp³-hybridized carbons (Fsp3) is 0.562. The van der Waals surface area contributed by atoms with Crippen molar-refractivity contribution in [1.29, 1.82) is 0 Å². The molecule has 2 saturated carbocycles. The van der Waals surface area contributed by atoms with Crippen LogP contribution in [0.1, 0.15) is 37.7 Å². The maximum absolute atomic E-state index is 11.6. The predicted molar refractivity (Wildman–Crippen MR) is 78.7 cm³/mol. The highest BCUT2D eigenvalue weighted by Crippen LogP contribution is 2.59. The van der Waals surface area contributed by atoms with Crippen molar-refractivity contribution in [2.75, 3.05) is 6.26 Å². The van der Waals surface area contributed by atoms with Crippen LogP contribution in [-0.2, 0) is 24.8 Å². The first-order valence-corrected chi connectivity index (χ1v) is 9.27. The van der Waals surface area contributed by atoms with Gasteiger partial charge < -0.3 is 4.74 Å². The molecule has 0 saturated heterocycles. The van der Waals surface area contributed by atoms with Gasteiger partial charge in [0.15, 0.2) is 9.84 Å². The lowest BCUT2D eigenvalue weighted by molar-refractivity contribution is -0.130. The highest BCUT2D eigenvalue weighted by molar-refractivity contribution is 7.90. The molecule has 3 rings (SSSR count). The van der Waals surface area contributed by atoms with Crippen LogP contribution in [-0.4, -0.2) is 27.2 Å². The maximum atomic E-state index is 11.6. The summed E-state index contributed by atoms with van der Waals surface area (Å²) in [6.07, 6.45) is 6.78. The van der Waals surface area contributed by atoms with Crippen molar-refractivity contribution >= 4 is 16.3 Å². The zero-order valence-electron chi connectivity index (χ0n) is 12.1. The van der Waals surface area contributed by atoms with Gasteiger partial charge in [-0.05, 0) is 42.9 Å². The van der Waals surface area contributed by atoms with Crippen molar-refractivity contribution in [2.24, 2.45) is 5.92 Å². The number of hydrogen-bond donors (Lipinski definition) is 0. The molecule has 0 radical (unpaired) electrons. The summed E-state index contributed by atoms with van der Waals surface area (Å²) in [4.78, 5) is 11.0. The van der Waals surface area contributed by atoms with Crippen LogP contribution in [0.3, 0.4) is 0 Å². The van der Waals surface area contributed by atoms with Gasteiger partial charge >= 0.3 is 0 Å². The van der Waals surface area contributed by atoms with Crippen LogP contribution in [0, 0.1) is 5.92 Å². The van der Waals surface area contributed by atoms with Crippen LogP contribution in [0.4, 0.5) is 0 Å². The molecule has 2 aliphatic rings. The molecule has 114 valence electrons. The standard InChI is InChI=1S/C16H20O4S/c1-21(18,19)14-8-6-13(7-9-14)16(10-15(16)20-11-17)12-4-2-3-5-12/h6-9,11-12,15H,2-5,10H2,1H3. The molecule has 0 aromatic heterocycles. The Morgan fingerprint density at radius 2 is 1.81 bits per heavy atom. The number of benzene rings is 1. The third kappa shape index (κ3) is 2.48. The van der Waals surface area contributed by atoms with Gasteiger partial charge in [0.1, 0.15) is 6.10 Å². The molecule has 0 N–H and O–H groups in total. The summed E-state index contributed by atoms with van der Waals surface area (Å²) < 4.78 is 28.4. The molecule has 21 heavy (non-hydrogen) atoms. The Hall–Kier alpha value is -1.36. The van der Waals surface area contributed by atoms with Crippen molar-refractivity contribution < 1.29 is 17.9 Å². The van der Waals surface area contributed by atoms with Gasteiger partial charge in [0.25, 0.3) is 6.47 Å². The monoisotopic (exact) mass is 308 g/mol. The number of ether oxygens (including phenoxy) is 1. The van der Waals surface area contributed by atoms with Crippen LogP contribution in [0.25, 0.3) is 0 Å². The second-order valence-corrected chi connectivity index (χ2v) is 8.26. The first-order valence-electron chi connectivity index (χ1n) is 7.38. The highest BCUT2D eigenvalue weighted by Gasteiger charge is 2.62. The summed E-state index contributed by atoms with van der Waals surface area (Å²) in [5, 5.41) is 0. The second-order valence-electron chi connectivity index (χ2n) is 6.24. The Balaban J connectivity index is 1.93. The fourth-order valence-corrected chi connectivity index (χ4v) is 4.54. The SMILES string of the molecule is CS(=O)(=O)c1ccc(C2(C3CCCC3)CC2OC=O)cc1. The Bertz CT molecular complexity index is 629. The number of hydrogen-bond acceptors (Lipinski definition) is 4. The van der Waals surface area contributed by atoms with E-state index in [1.165, 1.54) is 19.1 Å². The van der Waals surface area contributed by atoms with Gasteiger partial charge in [0.05, 0.1) is 4.90 Å². The lowest BCUT2D eigenvalue weighted by Crippen LogP contribution is -2.23. The van der Waals surface area contributed by atoms with E-state index in [1.807, 2.05) is 12.1 Å². The van der Waals surface area contributed by atoms with E-state index >= 15 is 0 Å². The van der Waals surface area contributed by atoms with E-state index in [0.29, 0.717) is 17.3 Å². The molecule has 1 aromatic rings. The molecule has 2 fully saturated rings. The number of carbonyl (C=O) groups is 1. The lowest BCUT2D eigenvalue weighted by Gasteiger charge is -2.24. The minimum absolute atomic E-state index is 0.0535. The van der Waals surface area contributed by atoms with Gasteiger partial charge in [-0.15, -0.1) is 0 Å². The predicted octanol–water partition coefficient (Wildman–Crippen LogP) is 2.46. The smallest absolute Gasteiger partial charge is 0.293 e. The summed E-state index contributed by atoms with van der Waals surface area (Å²) >= 11 is 0. The van der Waals surface area contributed by atoms with Gasteiger partial charge in [-0.1, -0.05) is 25.0 Å². The zero-order valence-corrected chi connectivity index (χ0v) is 12.9. The molecular formula is C16H20O4S. The molecular weight excluding hydrogens is 288 g/mol. The molecule has 0 spiro atoms. The van der Waals surface area contributed by atoms with E-state index in [2.05, 4.69) is 0 Å². The van der Waals surface area contributed by atoms with Crippen molar-refractivity contribution in [3.63, 3.8) is 0 Å². The lowest BCUT2D eigenvalue weighted by atomic mass is 9.81. The Labute approximate surface area is 125 Å². The number of carbonyl (C=O) groups excluding carboxylic acids is 1. The zero-order chi connectivity index (χ0) is 15.1. The third-order valence-electron chi connectivity index (χ3n) is 5.06. The van der Waals surface area contributed by atoms with E-state index < -0.39 is 9.84 Å². The number of rotatable bonds is 5. The maximum Gasteiger partial charge on any atom is 0.293 e. The minimum Gasteiger partial charge on any atom is -0.464 e. The summed E-state index contributed by atoms with van der Waals surface area (Å²) in [7, 11) is -3.17. The van der Waals surface area contributed by atoms with Crippen molar-refractivity contribution in [2.45, 2.75) is 48.5 Å². The quantitative estimate of drug-likeness (QED) is 0.784. The van der Waals surface area contributed by atoms with E-state index in [1.54, 1.807) is 12.1 Å². The first kappa shape index (κ1) is 14.6.